The lowest BCUT2D eigenvalue weighted by molar-refractivity contribution is 0.496. The van der Waals surface area contributed by atoms with Crippen molar-refractivity contribution in [3.8, 4) is 0 Å². The summed E-state index contributed by atoms with van der Waals surface area (Å²) in [5.74, 6) is -0.294. The van der Waals surface area contributed by atoms with Crippen LogP contribution in [0.5, 0.6) is 0 Å². The highest BCUT2D eigenvalue weighted by atomic mass is 35.5. The van der Waals surface area contributed by atoms with Gasteiger partial charge in [-0.25, -0.2) is 4.68 Å². The number of rotatable bonds is 4. The number of hydrogen-bond acceptors (Lipinski definition) is 3. The molecule has 0 radical (unpaired) electrons. The highest BCUT2D eigenvalue weighted by molar-refractivity contribution is 5.85. The molecule has 0 amide bonds. The van der Waals surface area contributed by atoms with Gasteiger partial charge in [0, 0.05) is 31.9 Å². The van der Waals surface area contributed by atoms with E-state index in [4.69, 9.17) is 0 Å². The minimum absolute atomic E-state index is 0. The molecular weight excluding hydrogens is 257 g/mol. The zero-order chi connectivity index (χ0) is 12.4. The molecule has 0 aliphatic heterocycles. The van der Waals surface area contributed by atoms with E-state index < -0.39 is 0 Å². The summed E-state index contributed by atoms with van der Waals surface area (Å²) in [5, 5.41) is 11.3. The van der Waals surface area contributed by atoms with Crippen LogP contribution in [0.3, 0.4) is 0 Å². The molecule has 100 valence electrons. The standard InChI is InChI=1S/C11H16FN5.ClH/c1-4-17-7-9(5-14-17)13-6-10-8(2)15-16(3)11(10)12;/h5,7,13H,4,6H2,1-3H3;1H. The Morgan fingerprint density at radius 1 is 1.44 bits per heavy atom. The van der Waals surface area contributed by atoms with E-state index >= 15 is 0 Å². The Labute approximate surface area is 111 Å². The molecule has 0 saturated carbocycles. The van der Waals surface area contributed by atoms with Gasteiger partial charge in [-0.3, -0.25) is 4.68 Å². The van der Waals surface area contributed by atoms with E-state index in [9.17, 15) is 4.39 Å². The van der Waals surface area contributed by atoms with Crippen LogP contribution in [0, 0.1) is 12.9 Å². The molecule has 1 N–H and O–H groups in total. The Morgan fingerprint density at radius 3 is 2.67 bits per heavy atom. The summed E-state index contributed by atoms with van der Waals surface area (Å²) < 4.78 is 16.7. The highest BCUT2D eigenvalue weighted by Crippen LogP contribution is 2.14. The van der Waals surface area contributed by atoms with Gasteiger partial charge in [0.15, 0.2) is 0 Å². The van der Waals surface area contributed by atoms with Gasteiger partial charge in [-0.15, -0.1) is 12.4 Å². The fraction of sp³-hybridized carbons (Fsp3) is 0.455. The molecule has 0 aromatic carbocycles. The van der Waals surface area contributed by atoms with Crippen LogP contribution in [-0.2, 0) is 20.1 Å². The summed E-state index contributed by atoms with van der Waals surface area (Å²) in [6.07, 6.45) is 3.62. The number of aromatic nitrogens is 4. The van der Waals surface area contributed by atoms with Crippen LogP contribution in [-0.4, -0.2) is 19.6 Å². The van der Waals surface area contributed by atoms with Crippen LogP contribution in [0.2, 0.25) is 0 Å². The molecular formula is C11H17ClFN5. The molecule has 2 rings (SSSR count). The maximum atomic E-state index is 13.6. The number of hydrogen-bond donors (Lipinski definition) is 1. The Bertz CT molecular complexity index is 519. The quantitative estimate of drug-likeness (QED) is 0.928. The Balaban J connectivity index is 0.00000162. The summed E-state index contributed by atoms with van der Waals surface area (Å²) in [5.41, 5.74) is 2.19. The normalized spacial score (nSPS) is 10.2. The molecule has 0 unspecified atom stereocenters. The van der Waals surface area contributed by atoms with Crippen LogP contribution >= 0.6 is 12.4 Å². The largest absolute Gasteiger partial charge is 0.378 e. The molecule has 2 heterocycles. The van der Waals surface area contributed by atoms with Crippen LogP contribution < -0.4 is 5.32 Å². The van der Waals surface area contributed by atoms with E-state index in [2.05, 4.69) is 15.5 Å². The average Bonchev–Trinajstić information content (AvgIpc) is 2.84. The van der Waals surface area contributed by atoms with E-state index in [-0.39, 0.29) is 18.4 Å². The summed E-state index contributed by atoms with van der Waals surface area (Å²) >= 11 is 0. The van der Waals surface area contributed by atoms with E-state index in [0.717, 1.165) is 12.2 Å². The SMILES string of the molecule is CCn1cc(NCc2c(C)nn(C)c2F)cn1.Cl. The van der Waals surface area contributed by atoms with Gasteiger partial charge in [0.25, 0.3) is 0 Å². The minimum atomic E-state index is -0.294. The lowest BCUT2D eigenvalue weighted by atomic mass is 10.2. The Kier molecular flexibility index (Phi) is 4.72. The Hall–Kier alpha value is -1.56. The predicted molar refractivity (Wildman–Crippen MR) is 70.4 cm³/mol. The third-order valence-corrected chi connectivity index (χ3v) is 2.70. The lowest BCUT2D eigenvalue weighted by Gasteiger charge is -2.02. The van der Waals surface area contributed by atoms with Crippen molar-refractivity contribution >= 4 is 18.1 Å². The molecule has 2 aromatic heterocycles. The number of halogens is 2. The maximum Gasteiger partial charge on any atom is 0.216 e. The molecule has 5 nitrogen and oxygen atoms in total. The molecule has 18 heavy (non-hydrogen) atoms. The van der Waals surface area contributed by atoms with Crippen molar-refractivity contribution in [2.24, 2.45) is 7.05 Å². The van der Waals surface area contributed by atoms with Gasteiger partial charge in [0.05, 0.1) is 17.6 Å². The molecule has 0 atom stereocenters. The van der Waals surface area contributed by atoms with Crippen molar-refractivity contribution in [1.82, 2.24) is 19.6 Å². The average molecular weight is 274 g/mol. The van der Waals surface area contributed by atoms with Gasteiger partial charge in [-0.1, -0.05) is 0 Å². The summed E-state index contributed by atoms with van der Waals surface area (Å²) in [6.45, 7) is 5.06. The van der Waals surface area contributed by atoms with Crippen LogP contribution in [0.25, 0.3) is 0 Å². The smallest absolute Gasteiger partial charge is 0.216 e. The fourth-order valence-corrected chi connectivity index (χ4v) is 1.69. The zero-order valence-electron chi connectivity index (χ0n) is 10.6. The van der Waals surface area contributed by atoms with Crippen LogP contribution in [0.4, 0.5) is 10.1 Å². The van der Waals surface area contributed by atoms with Gasteiger partial charge < -0.3 is 5.32 Å². The van der Waals surface area contributed by atoms with E-state index in [1.807, 2.05) is 17.8 Å². The van der Waals surface area contributed by atoms with Gasteiger partial charge in [0.1, 0.15) is 0 Å². The molecule has 0 spiro atoms. The summed E-state index contributed by atoms with van der Waals surface area (Å²) in [6, 6.07) is 0. The third-order valence-electron chi connectivity index (χ3n) is 2.70. The van der Waals surface area contributed by atoms with E-state index in [1.165, 1.54) is 4.68 Å². The van der Waals surface area contributed by atoms with Gasteiger partial charge >= 0.3 is 0 Å². The van der Waals surface area contributed by atoms with Crippen molar-refractivity contribution in [3.63, 3.8) is 0 Å². The molecule has 0 saturated heterocycles. The minimum Gasteiger partial charge on any atom is -0.378 e. The first-order valence-corrected chi connectivity index (χ1v) is 5.56. The lowest BCUT2D eigenvalue weighted by Crippen LogP contribution is -2.02. The predicted octanol–water partition coefficient (Wildman–Crippen LogP) is 2.12. The van der Waals surface area contributed by atoms with Crippen molar-refractivity contribution in [1.29, 1.82) is 0 Å². The Morgan fingerprint density at radius 2 is 2.17 bits per heavy atom. The number of nitrogens with zero attached hydrogens (tertiary/aromatic N) is 4. The van der Waals surface area contributed by atoms with E-state index in [0.29, 0.717) is 17.8 Å². The first-order valence-electron chi connectivity index (χ1n) is 5.56. The topological polar surface area (TPSA) is 47.7 Å². The van der Waals surface area contributed by atoms with Crippen molar-refractivity contribution in [2.75, 3.05) is 5.32 Å². The highest BCUT2D eigenvalue weighted by Gasteiger charge is 2.12. The fourth-order valence-electron chi connectivity index (χ4n) is 1.69. The second-order valence-corrected chi connectivity index (χ2v) is 3.92. The third kappa shape index (κ3) is 2.81. The van der Waals surface area contributed by atoms with Crippen molar-refractivity contribution < 1.29 is 4.39 Å². The first kappa shape index (κ1) is 14.5. The molecule has 0 aliphatic rings. The molecule has 2 aromatic rings. The zero-order valence-corrected chi connectivity index (χ0v) is 11.5. The maximum absolute atomic E-state index is 13.6. The van der Waals surface area contributed by atoms with Crippen LogP contribution in [0.15, 0.2) is 12.4 Å². The van der Waals surface area contributed by atoms with Crippen molar-refractivity contribution in [3.05, 3.63) is 29.6 Å². The van der Waals surface area contributed by atoms with Gasteiger partial charge in [0.2, 0.25) is 5.95 Å². The molecule has 0 bridgehead atoms. The number of anilines is 1. The van der Waals surface area contributed by atoms with Crippen LogP contribution in [0.1, 0.15) is 18.2 Å². The summed E-state index contributed by atoms with van der Waals surface area (Å²) in [4.78, 5) is 0. The summed E-state index contributed by atoms with van der Waals surface area (Å²) in [7, 11) is 1.60. The van der Waals surface area contributed by atoms with Gasteiger partial charge in [-0.2, -0.15) is 14.6 Å². The number of nitrogens with one attached hydrogen (secondary N) is 1. The first-order chi connectivity index (χ1) is 8.11. The molecule has 0 aliphatic carbocycles. The monoisotopic (exact) mass is 273 g/mol. The molecule has 7 heteroatoms. The van der Waals surface area contributed by atoms with Crippen molar-refractivity contribution in [2.45, 2.75) is 26.9 Å². The molecule has 0 fully saturated rings. The number of aryl methyl sites for hydroxylation is 3. The van der Waals surface area contributed by atoms with Gasteiger partial charge in [-0.05, 0) is 13.8 Å². The second-order valence-electron chi connectivity index (χ2n) is 3.92. The second kappa shape index (κ2) is 5.86. The van der Waals surface area contributed by atoms with E-state index in [1.54, 1.807) is 20.2 Å².